The van der Waals surface area contributed by atoms with Crippen molar-refractivity contribution in [3.8, 4) is 5.75 Å². The van der Waals surface area contributed by atoms with Crippen molar-refractivity contribution in [3.63, 3.8) is 0 Å². The average Bonchev–Trinajstić information content (AvgIpc) is 3.10. The van der Waals surface area contributed by atoms with Gasteiger partial charge < -0.3 is 19.1 Å². The standard InChI is InChI=1S/C41H60FN5O4S2/c1-29(2)44-21-23-46(24-22-44)31-13-17-45(18-14-31)30-15-19-47(20-16-30)39-34-25-32(52(8)48)9-11-36(34)43-27-38(39)53(49,50)33-10-12-37(35(42)26-33)51-41(6,7)28-40(3,4)5/h9-12,25-27,29-31H,13-24,28H2,1-8H3. The van der Waals surface area contributed by atoms with Crippen LogP contribution in [0.15, 0.2) is 57.3 Å². The van der Waals surface area contributed by atoms with Crippen LogP contribution in [0, 0.1) is 11.2 Å². The Labute approximate surface area is 320 Å². The molecule has 0 aliphatic carbocycles. The van der Waals surface area contributed by atoms with Gasteiger partial charge in [-0.25, -0.2) is 12.8 Å². The zero-order valence-electron chi connectivity index (χ0n) is 33.0. The van der Waals surface area contributed by atoms with Crippen LogP contribution >= 0.6 is 0 Å². The summed E-state index contributed by atoms with van der Waals surface area (Å²) >= 11 is -1.27. The quantitative estimate of drug-likeness (QED) is 0.202. The molecule has 3 aliphatic heterocycles. The van der Waals surface area contributed by atoms with Crippen molar-refractivity contribution in [3.05, 3.63) is 48.4 Å². The highest BCUT2D eigenvalue weighted by atomic mass is 32.2. The number of piperidine rings is 2. The van der Waals surface area contributed by atoms with Crippen LogP contribution in [0.25, 0.3) is 10.9 Å². The average molecular weight is 770 g/mol. The van der Waals surface area contributed by atoms with E-state index in [2.05, 4.69) is 59.2 Å². The van der Waals surface area contributed by atoms with Gasteiger partial charge in [0.05, 0.1) is 16.1 Å². The third kappa shape index (κ3) is 9.32. The Balaban J connectivity index is 1.22. The fourth-order valence-electron chi connectivity index (χ4n) is 9.00. The number of fused-ring (bicyclic) bond motifs is 1. The molecule has 3 aromatic rings. The summed E-state index contributed by atoms with van der Waals surface area (Å²) in [5.74, 6) is -0.709. The van der Waals surface area contributed by atoms with Crippen LogP contribution < -0.4 is 9.64 Å². The van der Waals surface area contributed by atoms with Crippen molar-refractivity contribution in [1.29, 1.82) is 0 Å². The second-order valence-corrected chi connectivity index (χ2v) is 20.7. The Morgan fingerprint density at radius 1 is 0.887 bits per heavy atom. The van der Waals surface area contributed by atoms with Gasteiger partial charge in [-0.3, -0.25) is 14.8 Å². The van der Waals surface area contributed by atoms with Crippen LogP contribution in [-0.2, 0) is 21.0 Å². The lowest BCUT2D eigenvalue weighted by Gasteiger charge is -2.46. The maximum Gasteiger partial charge on any atom is 0.210 e. The van der Waals surface area contributed by atoms with Gasteiger partial charge in [0.15, 0.2) is 16.5 Å². The van der Waals surface area contributed by atoms with Gasteiger partial charge in [0, 0.05) is 75.0 Å². The van der Waals surface area contributed by atoms with Crippen molar-refractivity contribution >= 4 is 37.6 Å². The van der Waals surface area contributed by atoms with Crippen LogP contribution in [0.2, 0.25) is 0 Å². The van der Waals surface area contributed by atoms with E-state index >= 15 is 4.39 Å². The summed E-state index contributed by atoms with van der Waals surface area (Å²) in [6.07, 6.45) is 7.89. The summed E-state index contributed by atoms with van der Waals surface area (Å²) in [7, 11) is -4.21. The lowest BCUT2D eigenvalue weighted by atomic mass is 9.83. The van der Waals surface area contributed by atoms with Crippen LogP contribution in [0.3, 0.4) is 0 Å². The molecule has 0 amide bonds. The highest BCUT2D eigenvalue weighted by molar-refractivity contribution is 7.91. The van der Waals surface area contributed by atoms with E-state index in [1.54, 1.807) is 24.5 Å². The van der Waals surface area contributed by atoms with E-state index in [4.69, 9.17) is 4.74 Å². The normalized spacial score (nSPS) is 20.4. The molecule has 0 radical (unpaired) electrons. The molecule has 292 valence electrons. The Morgan fingerprint density at radius 3 is 2.06 bits per heavy atom. The van der Waals surface area contributed by atoms with Crippen molar-refractivity contribution < 1.29 is 22.1 Å². The molecule has 2 aromatic carbocycles. The number of hydrogen-bond acceptors (Lipinski definition) is 9. The number of sulfone groups is 1. The molecular formula is C41H60FN5O4S2. The Hall–Kier alpha value is -2.48. The van der Waals surface area contributed by atoms with Gasteiger partial charge in [0.2, 0.25) is 9.84 Å². The number of nitrogens with zero attached hydrogens (tertiary/aromatic N) is 5. The molecule has 3 aliphatic rings. The number of rotatable bonds is 10. The minimum absolute atomic E-state index is 0.0185. The molecule has 12 heteroatoms. The number of anilines is 1. The van der Waals surface area contributed by atoms with Crippen LogP contribution in [0.5, 0.6) is 5.75 Å². The van der Waals surface area contributed by atoms with Gasteiger partial charge in [-0.1, -0.05) is 20.8 Å². The zero-order chi connectivity index (χ0) is 38.3. The summed E-state index contributed by atoms with van der Waals surface area (Å²) in [6.45, 7) is 22.8. The van der Waals surface area contributed by atoms with Crippen molar-refractivity contribution in [1.82, 2.24) is 19.7 Å². The van der Waals surface area contributed by atoms with Gasteiger partial charge >= 0.3 is 0 Å². The molecule has 1 aromatic heterocycles. The largest absolute Gasteiger partial charge is 0.612 e. The van der Waals surface area contributed by atoms with E-state index in [0.29, 0.717) is 59.1 Å². The molecule has 1 unspecified atom stereocenters. The number of piperazine rings is 1. The highest BCUT2D eigenvalue weighted by Gasteiger charge is 2.35. The number of pyridine rings is 1. The maximum atomic E-state index is 15.6. The van der Waals surface area contributed by atoms with Crippen LogP contribution in [-0.4, -0.2) is 115 Å². The predicted molar refractivity (Wildman–Crippen MR) is 213 cm³/mol. The monoisotopic (exact) mass is 769 g/mol. The van der Waals surface area contributed by atoms with E-state index in [1.807, 2.05) is 13.8 Å². The Kier molecular flexibility index (Phi) is 12.1. The van der Waals surface area contributed by atoms with Crippen LogP contribution in [0.4, 0.5) is 10.1 Å². The van der Waals surface area contributed by atoms with E-state index in [9.17, 15) is 13.0 Å². The van der Waals surface area contributed by atoms with E-state index < -0.39 is 32.4 Å². The second kappa shape index (κ2) is 15.9. The highest BCUT2D eigenvalue weighted by Crippen LogP contribution is 2.40. The predicted octanol–water partition coefficient (Wildman–Crippen LogP) is 7.00. The molecular weight excluding hydrogens is 710 g/mol. The first-order chi connectivity index (χ1) is 24.9. The molecule has 9 nitrogen and oxygen atoms in total. The molecule has 4 heterocycles. The molecule has 3 saturated heterocycles. The maximum absolute atomic E-state index is 15.6. The number of benzene rings is 2. The van der Waals surface area contributed by atoms with Crippen molar-refractivity contribution in [2.75, 3.05) is 63.5 Å². The molecule has 0 saturated carbocycles. The lowest BCUT2D eigenvalue weighted by Crippen LogP contribution is -2.56. The topological polar surface area (TPSA) is 92.3 Å². The number of halogens is 1. The number of hydrogen-bond donors (Lipinski definition) is 0. The third-order valence-corrected chi connectivity index (χ3v) is 14.0. The van der Waals surface area contributed by atoms with Gasteiger partial charge in [0.25, 0.3) is 0 Å². The number of ether oxygens (including phenoxy) is 1. The van der Waals surface area contributed by atoms with Gasteiger partial charge in [-0.2, -0.15) is 0 Å². The molecule has 3 fully saturated rings. The molecule has 6 rings (SSSR count). The van der Waals surface area contributed by atoms with E-state index in [0.717, 1.165) is 58.2 Å². The first kappa shape index (κ1) is 40.2. The smallest absolute Gasteiger partial charge is 0.210 e. The molecule has 1 atom stereocenters. The summed E-state index contributed by atoms with van der Waals surface area (Å²) < 4.78 is 63.3. The molecule has 0 spiro atoms. The van der Waals surface area contributed by atoms with Gasteiger partial charge in [-0.05, 0) is 120 Å². The van der Waals surface area contributed by atoms with Crippen molar-refractivity contribution in [2.45, 2.75) is 119 Å². The van der Waals surface area contributed by atoms with Gasteiger partial charge in [-0.15, -0.1) is 0 Å². The van der Waals surface area contributed by atoms with Gasteiger partial charge in [0.1, 0.15) is 16.8 Å². The van der Waals surface area contributed by atoms with E-state index in [-0.39, 0.29) is 21.0 Å². The second-order valence-electron chi connectivity index (χ2n) is 17.5. The molecule has 0 bridgehead atoms. The third-order valence-electron chi connectivity index (χ3n) is 11.3. The molecule has 53 heavy (non-hydrogen) atoms. The first-order valence-corrected chi connectivity index (χ1v) is 22.4. The minimum atomic E-state index is -4.21. The lowest BCUT2D eigenvalue weighted by molar-refractivity contribution is 0.0359. The summed E-state index contributed by atoms with van der Waals surface area (Å²) in [5.41, 5.74) is 0.480. The first-order valence-electron chi connectivity index (χ1n) is 19.4. The molecule has 0 N–H and O–H groups in total. The Bertz CT molecular complexity index is 1840. The fraction of sp³-hybridized carbons (Fsp3) is 0.634. The summed E-state index contributed by atoms with van der Waals surface area (Å²) in [5, 5.41) is 0.639. The minimum Gasteiger partial charge on any atom is -0.612 e. The summed E-state index contributed by atoms with van der Waals surface area (Å²) in [6, 6.07) is 11.0. The van der Waals surface area contributed by atoms with Crippen LogP contribution in [0.1, 0.15) is 80.6 Å². The van der Waals surface area contributed by atoms with E-state index in [1.165, 1.54) is 31.2 Å². The zero-order valence-corrected chi connectivity index (χ0v) is 34.7. The summed E-state index contributed by atoms with van der Waals surface area (Å²) in [4.78, 5) is 15.1. The fourth-order valence-corrected chi connectivity index (χ4v) is 11.0. The number of likely N-dealkylation sites (tertiary alicyclic amines) is 1. The SMILES string of the molecule is CC(C)N1CCN(C2CCN(C3CCN(c4c(S(=O)(=O)c5ccc(OC(C)(C)CC(C)(C)C)c(F)c5)cnc5ccc([S+](C)[O-])cc45)CC3)CC2)CC1. The number of aromatic nitrogens is 1. The Morgan fingerprint density at radius 2 is 1.49 bits per heavy atom. The van der Waals surface area contributed by atoms with Crippen molar-refractivity contribution in [2.24, 2.45) is 5.41 Å².